The van der Waals surface area contributed by atoms with Crippen molar-refractivity contribution in [3.05, 3.63) is 21.9 Å². The van der Waals surface area contributed by atoms with Crippen molar-refractivity contribution in [1.29, 1.82) is 0 Å². The predicted octanol–water partition coefficient (Wildman–Crippen LogP) is 3.01. The van der Waals surface area contributed by atoms with Gasteiger partial charge in [-0.05, 0) is 51.3 Å². The Hall–Kier alpha value is -0.380. The maximum atomic E-state index is 6.00. The Kier molecular flexibility index (Phi) is 3.73. The Morgan fingerprint density at radius 2 is 2.22 bits per heavy atom. The third kappa shape index (κ3) is 2.36. The summed E-state index contributed by atoms with van der Waals surface area (Å²) in [5.74, 6) is 0.723. The van der Waals surface area contributed by atoms with E-state index in [0.29, 0.717) is 18.2 Å². The molecule has 0 saturated carbocycles. The molecule has 3 heterocycles. The molecule has 1 N–H and O–H groups in total. The van der Waals surface area contributed by atoms with Crippen LogP contribution in [0.3, 0.4) is 0 Å². The van der Waals surface area contributed by atoms with Crippen molar-refractivity contribution < 1.29 is 4.74 Å². The standard InChI is InChI=1S/C15H23NOS/c1-3-11-5-6-12(18-11)9-14(16-2)13-8-10-4-7-15(13)17-10/h5-6,10,13-16H,3-4,7-9H2,1-2H3. The molecule has 2 nitrogen and oxygen atoms in total. The minimum Gasteiger partial charge on any atom is -0.375 e. The van der Waals surface area contributed by atoms with Gasteiger partial charge in [0, 0.05) is 21.7 Å². The summed E-state index contributed by atoms with van der Waals surface area (Å²) in [5, 5.41) is 3.53. The molecule has 0 spiro atoms. The molecule has 0 amide bonds. The highest BCUT2D eigenvalue weighted by Crippen LogP contribution is 2.41. The summed E-state index contributed by atoms with van der Waals surface area (Å²) in [6, 6.07) is 5.18. The fourth-order valence-corrected chi connectivity index (χ4v) is 4.52. The molecule has 2 aliphatic rings. The van der Waals surface area contributed by atoms with Crippen molar-refractivity contribution in [3.63, 3.8) is 0 Å². The molecule has 1 aromatic rings. The summed E-state index contributed by atoms with van der Waals surface area (Å²) in [5.41, 5.74) is 0. The van der Waals surface area contributed by atoms with Crippen LogP contribution in [-0.2, 0) is 17.6 Å². The molecular weight excluding hydrogens is 242 g/mol. The van der Waals surface area contributed by atoms with E-state index >= 15 is 0 Å². The minimum atomic E-state index is 0.526. The summed E-state index contributed by atoms with van der Waals surface area (Å²) in [6.07, 6.45) is 7.24. The van der Waals surface area contributed by atoms with Gasteiger partial charge in [0.05, 0.1) is 12.2 Å². The van der Waals surface area contributed by atoms with Crippen molar-refractivity contribution in [3.8, 4) is 0 Å². The SMILES string of the molecule is CCc1ccc(CC(NC)C2CC3CCC2O3)s1. The fourth-order valence-electron chi connectivity index (χ4n) is 3.51. The van der Waals surface area contributed by atoms with E-state index in [1.807, 2.05) is 11.3 Å². The number of aryl methyl sites for hydroxylation is 1. The first-order valence-electron chi connectivity index (χ1n) is 7.20. The molecule has 4 unspecified atom stereocenters. The lowest BCUT2D eigenvalue weighted by Gasteiger charge is -2.27. The highest BCUT2D eigenvalue weighted by molar-refractivity contribution is 7.11. The topological polar surface area (TPSA) is 21.3 Å². The van der Waals surface area contributed by atoms with Crippen LogP contribution in [0.1, 0.15) is 35.9 Å². The first kappa shape index (κ1) is 12.6. The lowest BCUT2D eigenvalue weighted by molar-refractivity contribution is 0.0864. The van der Waals surface area contributed by atoms with E-state index in [4.69, 9.17) is 4.74 Å². The van der Waals surface area contributed by atoms with Crippen molar-refractivity contribution in [2.75, 3.05) is 7.05 Å². The van der Waals surface area contributed by atoms with E-state index in [1.54, 1.807) is 0 Å². The highest BCUT2D eigenvalue weighted by atomic mass is 32.1. The summed E-state index contributed by atoms with van der Waals surface area (Å²) < 4.78 is 6.00. The Bertz CT molecular complexity index is 403. The van der Waals surface area contributed by atoms with Crippen LogP contribution >= 0.6 is 11.3 Å². The average molecular weight is 265 g/mol. The Morgan fingerprint density at radius 3 is 2.78 bits per heavy atom. The van der Waals surface area contributed by atoms with E-state index in [1.165, 1.54) is 35.4 Å². The van der Waals surface area contributed by atoms with Gasteiger partial charge in [-0.3, -0.25) is 0 Å². The molecule has 2 aliphatic heterocycles. The number of hydrogen-bond donors (Lipinski definition) is 1. The highest BCUT2D eigenvalue weighted by Gasteiger charge is 2.43. The van der Waals surface area contributed by atoms with Gasteiger partial charge in [-0.2, -0.15) is 0 Å². The average Bonchev–Trinajstić information content (AvgIpc) is 3.11. The van der Waals surface area contributed by atoms with Crippen LogP contribution in [0, 0.1) is 5.92 Å². The van der Waals surface area contributed by atoms with Gasteiger partial charge >= 0.3 is 0 Å². The predicted molar refractivity (Wildman–Crippen MR) is 76.3 cm³/mol. The smallest absolute Gasteiger partial charge is 0.0623 e. The molecule has 18 heavy (non-hydrogen) atoms. The van der Waals surface area contributed by atoms with Gasteiger partial charge in [0.1, 0.15) is 0 Å². The van der Waals surface area contributed by atoms with Crippen LogP contribution < -0.4 is 5.32 Å². The number of fused-ring (bicyclic) bond motifs is 2. The first-order valence-corrected chi connectivity index (χ1v) is 8.02. The molecule has 3 heteroatoms. The number of ether oxygens (including phenoxy) is 1. The van der Waals surface area contributed by atoms with Crippen LogP contribution in [0.5, 0.6) is 0 Å². The van der Waals surface area contributed by atoms with Crippen LogP contribution in [0.25, 0.3) is 0 Å². The minimum absolute atomic E-state index is 0.526. The molecule has 0 radical (unpaired) electrons. The Labute approximate surface area is 114 Å². The molecule has 100 valence electrons. The number of hydrogen-bond acceptors (Lipinski definition) is 3. The maximum Gasteiger partial charge on any atom is 0.0623 e. The van der Waals surface area contributed by atoms with Crippen molar-refractivity contribution >= 4 is 11.3 Å². The number of nitrogens with one attached hydrogen (secondary N) is 1. The second-order valence-corrected chi connectivity index (χ2v) is 6.85. The zero-order chi connectivity index (χ0) is 12.5. The molecule has 2 saturated heterocycles. The van der Waals surface area contributed by atoms with Gasteiger partial charge in [-0.1, -0.05) is 6.92 Å². The Balaban J connectivity index is 1.65. The summed E-state index contributed by atoms with van der Waals surface area (Å²) >= 11 is 1.97. The van der Waals surface area contributed by atoms with E-state index in [0.717, 1.165) is 12.3 Å². The molecule has 2 fully saturated rings. The summed E-state index contributed by atoms with van der Waals surface area (Å²) in [6.45, 7) is 2.23. The molecule has 1 aromatic heterocycles. The number of likely N-dealkylation sites (N-methyl/N-ethyl adjacent to an activating group) is 1. The maximum absolute atomic E-state index is 6.00. The van der Waals surface area contributed by atoms with Crippen LogP contribution in [-0.4, -0.2) is 25.3 Å². The van der Waals surface area contributed by atoms with Gasteiger partial charge in [0.2, 0.25) is 0 Å². The largest absolute Gasteiger partial charge is 0.375 e. The van der Waals surface area contributed by atoms with Crippen molar-refractivity contribution in [1.82, 2.24) is 5.32 Å². The van der Waals surface area contributed by atoms with E-state index in [-0.39, 0.29) is 0 Å². The second-order valence-electron chi connectivity index (χ2n) is 5.59. The van der Waals surface area contributed by atoms with Crippen LogP contribution in [0.2, 0.25) is 0 Å². The summed E-state index contributed by atoms with van der Waals surface area (Å²) in [7, 11) is 2.10. The lowest BCUT2D eigenvalue weighted by atomic mass is 9.82. The number of rotatable bonds is 5. The lowest BCUT2D eigenvalue weighted by Crippen LogP contribution is -2.40. The summed E-state index contributed by atoms with van der Waals surface area (Å²) in [4.78, 5) is 3.03. The Morgan fingerprint density at radius 1 is 1.39 bits per heavy atom. The van der Waals surface area contributed by atoms with Crippen LogP contribution in [0.15, 0.2) is 12.1 Å². The zero-order valence-corrected chi connectivity index (χ0v) is 12.1. The van der Waals surface area contributed by atoms with E-state index in [2.05, 4.69) is 31.4 Å². The monoisotopic (exact) mass is 265 g/mol. The van der Waals surface area contributed by atoms with Gasteiger partial charge < -0.3 is 10.1 Å². The zero-order valence-electron chi connectivity index (χ0n) is 11.3. The van der Waals surface area contributed by atoms with E-state index in [9.17, 15) is 0 Å². The quantitative estimate of drug-likeness (QED) is 0.883. The molecule has 3 rings (SSSR count). The van der Waals surface area contributed by atoms with Gasteiger partial charge in [-0.15, -0.1) is 11.3 Å². The molecule has 2 bridgehead atoms. The second kappa shape index (κ2) is 5.32. The third-order valence-electron chi connectivity index (χ3n) is 4.53. The third-order valence-corrected chi connectivity index (χ3v) is 5.78. The molecule has 0 aromatic carbocycles. The fraction of sp³-hybridized carbons (Fsp3) is 0.733. The molecule has 4 atom stereocenters. The van der Waals surface area contributed by atoms with Crippen LogP contribution in [0.4, 0.5) is 0 Å². The molecular formula is C15H23NOS. The first-order chi connectivity index (χ1) is 8.80. The van der Waals surface area contributed by atoms with E-state index < -0.39 is 0 Å². The van der Waals surface area contributed by atoms with Crippen molar-refractivity contribution in [2.24, 2.45) is 5.92 Å². The molecule has 0 aliphatic carbocycles. The number of thiophene rings is 1. The van der Waals surface area contributed by atoms with Crippen molar-refractivity contribution in [2.45, 2.75) is 57.3 Å². The normalized spacial score (nSPS) is 32.0. The van der Waals surface area contributed by atoms with Gasteiger partial charge in [0.15, 0.2) is 0 Å². The van der Waals surface area contributed by atoms with Gasteiger partial charge in [-0.25, -0.2) is 0 Å². The van der Waals surface area contributed by atoms with Gasteiger partial charge in [0.25, 0.3) is 0 Å².